The van der Waals surface area contributed by atoms with Gasteiger partial charge in [0.05, 0.1) is 5.71 Å². The number of hydrazone groups is 1. The van der Waals surface area contributed by atoms with E-state index in [9.17, 15) is 0 Å². The smallest absolute Gasteiger partial charge is 0.0827 e. The topological polar surface area (TPSA) is 38.4 Å². The Morgan fingerprint density at radius 2 is 1.16 bits per heavy atom. The third-order valence-corrected chi connectivity index (χ3v) is 2.64. The molecule has 0 unspecified atom stereocenters. The molecule has 19 heavy (non-hydrogen) atoms. The van der Waals surface area contributed by atoms with Crippen molar-refractivity contribution in [1.29, 1.82) is 0 Å². The molecule has 2 heteroatoms. The van der Waals surface area contributed by atoms with Gasteiger partial charge in [0.1, 0.15) is 0 Å². The minimum atomic E-state index is 0.729. The van der Waals surface area contributed by atoms with Crippen LogP contribution in [-0.4, -0.2) is 5.71 Å². The summed E-state index contributed by atoms with van der Waals surface area (Å²) in [6.07, 6.45) is 7.77. The molecule has 0 heterocycles. The van der Waals surface area contributed by atoms with Crippen LogP contribution in [-0.2, 0) is 0 Å². The van der Waals surface area contributed by atoms with E-state index in [1.165, 1.54) is 0 Å². The molecule has 2 aromatic rings. The summed E-state index contributed by atoms with van der Waals surface area (Å²) in [5.74, 6) is 5.39. The summed E-state index contributed by atoms with van der Waals surface area (Å²) in [7, 11) is 0. The number of benzene rings is 2. The monoisotopic (exact) mass is 248 g/mol. The van der Waals surface area contributed by atoms with Gasteiger partial charge in [0.15, 0.2) is 0 Å². The van der Waals surface area contributed by atoms with E-state index >= 15 is 0 Å². The molecule has 0 atom stereocenters. The molecule has 2 nitrogen and oxygen atoms in total. The molecule has 0 spiro atoms. The predicted molar refractivity (Wildman–Crippen MR) is 82.6 cm³/mol. The van der Waals surface area contributed by atoms with Crippen molar-refractivity contribution in [3.05, 3.63) is 83.9 Å². The van der Waals surface area contributed by atoms with Gasteiger partial charge >= 0.3 is 0 Å². The summed E-state index contributed by atoms with van der Waals surface area (Å²) in [5, 5.41) is 3.76. The quantitative estimate of drug-likeness (QED) is 0.500. The van der Waals surface area contributed by atoms with Crippen molar-refractivity contribution in [2.75, 3.05) is 0 Å². The maximum absolute atomic E-state index is 5.39. The van der Waals surface area contributed by atoms with Crippen LogP contribution < -0.4 is 5.84 Å². The average Bonchev–Trinajstić information content (AvgIpc) is 2.49. The van der Waals surface area contributed by atoms with Crippen LogP contribution in [0.25, 0.3) is 12.2 Å². The molecule has 94 valence electrons. The highest BCUT2D eigenvalue weighted by Gasteiger charge is 1.89. The Hall–Kier alpha value is -2.61. The molecule has 0 aromatic heterocycles. The highest BCUT2D eigenvalue weighted by Crippen LogP contribution is 2.04. The van der Waals surface area contributed by atoms with Gasteiger partial charge in [0.2, 0.25) is 0 Å². The molecular weight excluding hydrogens is 232 g/mol. The minimum Gasteiger partial charge on any atom is -0.323 e. The van der Waals surface area contributed by atoms with Gasteiger partial charge in [-0.2, -0.15) is 5.10 Å². The van der Waals surface area contributed by atoms with Gasteiger partial charge < -0.3 is 5.84 Å². The number of allylic oxidation sites excluding steroid dienone is 2. The summed E-state index contributed by atoms with van der Waals surface area (Å²) in [6, 6.07) is 20.1. The first-order valence-electron chi connectivity index (χ1n) is 6.12. The molecule has 0 radical (unpaired) electrons. The van der Waals surface area contributed by atoms with Gasteiger partial charge in [0.25, 0.3) is 0 Å². The maximum Gasteiger partial charge on any atom is 0.0827 e. The molecule has 0 aliphatic rings. The van der Waals surface area contributed by atoms with E-state index in [1.54, 1.807) is 0 Å². The van der Waals surface area contributed by atoms with Crippen molar-refractivity contribution in [2.45, 2.75) is 0 Å². The Morgan fingerprint density at radius 3 is 1.53 bits per heavy atom. The molecule has 0 amide bonds. The molecule has 2 rings (SSSR count). The van der Waals surface area contributed by atoms with Crippen molar-refractivity contribution in [3.63, 3.8) is 0 Å². The second-order valence-corrected chi connectivity index (χ2v) is 4.04. The van der Waals surface area contributed by atoms with Crippen LogP contribution in [0.5, 0.6) is 0 Å². The van der Waals surface area contributed by atoms with Gasteiger partial charge in [-0.15, -0.1) is 0 Å². The van der Waals surface area contributed by atoms with E-state index in [-0.39, 0.29) is 0 Å². The van der Waals surface area contributed by atoms with E-state index in [0.29, 0.717) is 0 Å². The molecule has 0 saturated carbocycles. The lowest BCUT2D eigenvalue weighted by Gasteiger charge is -1.94. The van der Waals surface area contributed by atoms with Crippen LogP contribution in [0.15, 0.2) is 77.9 Å². The summed E-state index contributed by atoms with van der Waals surface area (Å²) < 4.78 is 0. The fourth-order valence-electron chi connectivity index (χ4n) is 1.63. The molecule has 0 aliphatic carbocycles. The molecule has 0 bridgehead atoms. The Labute approximate surface area is 113 Å². The summed E-state index contributed by atoms with van der Waals surface area (Å²) in [4.78, 5) is 0. The zero-order chi connectivity index (χ0) is 13.3. The summed E-state index contributed by atoms with van der Waals surface area (Å²) in [6.45, 7) is 0. The maximum atomic E-state index is 5.39. The molecule has 0 saturated heterocycles. The van der Waals surface area contributed by atoms with Crippen LogP contribution in [0, 0.1) is 0 Å². The van der Waals surface area contributed by atoms with Gasteiger partial charge in [-0.3, -0.25) is 0 Å². The SMILES string of the molecule is NN=C(C=Cc1ccccc1)C=Cc1ccccc1. The number of nitrogens with zero attached hydrogens (tertiary/aromatic N) is 1. The van der Waals surface area contributed by atoms with Crippen LogP contribution in [0.1, 0.15) is 11.1 Å². The highest BCUT2D eigenvalue weighted by molar-refractivity contribution is 6.08. The first-order chi connectivity index (χ1) is 9.38. The Morgan fingerprint density at radius 1 is 0.737 bits per heavy atom. The Balaban J connectivity index is 2.06. The first kappa shape index (κ1) is 12.8. The fourth-order valence-corrected chi connectivity index (χ4v) is 1.63. The fraction of sp³-hybridized carbons (Fsp3) is 0. The molecule has 0 aliphatic heterocycles. The Bertz CT molecular complexity index is 530. The third kappa shape index (κ3) is 4.28. The van der Waals surface area contributed by atoms with E-state index in [0.717, 1.165) is 16.8 Å². The molecule has 0 fully saturated rings. The summed E-state index contributed by atoms with van der Waals surface area (Å²) in [5.41, 5.74) is 2.97. The summed E-state index contributed by atoms with van der Waals surface area (Å²) >= 11 is 0. The third-order valence-electron chi connectivity index (χ3n) is 2.64. The highest BCUT2D eigenvalue weighted by atomic mass is 15.1. The van der Waals surface area contributed by atoms with E-state index in [2.05, 4.69) is 5.10 Å². The second-order valence-electron chi connectivity index (χ2n) is 4.04. The van der Waals surface area contributed by atoms with Crippen LogP contribution in [0.3, 0.4) is 0 Å². The Kier molecular flexibility index (Phi) is 4.71. The zero-order valence-electron chi connectivity index (χ0n) is 10.6. The van der Waals surface area contributed by atoms with Crippen LogP contribution >= 0.6 is 0 Å². The zero-order valence-corrected chi connectivity index (χ0v) is 10.6. The molecule has 2 N–H and O–H groups in total. The van der Waals surface area contributed by atoms with Gasteiger partial charge in [-0.1, -0.05) is 72.8 Å². The number of nitrogens with two attached hydrogens (primary N) is 1. The number of hydrogen-bond donors (Lipinski definition) is 1. The van der Waals surface area contributed by atoms with Crippen molar-refractivity contribution in [2.24, 2.45) is 10.9 Å². The van der Waals surface area contributed by atoms with Crippen molar-refractivity contribution in [1.82, 2.24) is 0 Å². The largest absolute Gasteiger partial charge is 0.323 e. The number of hydrogen-bond acceptors (Lipinski definition) is 2. The average molecular weight is 248 g/mol. The van der Waals surface area contributed by atoms with Crippen molar-refractivity contribution >= 4 is 17.9 Å². The molecule has 2 aromatic carbocycles. The lowest BCUT2D eigenvalue weighted by molar-refractivity contribution is 1.26. The normalized spacial score (nSPS) is 10.9. The lowest BCUT2D eigenvalue weighted by Crippen LogP contribution is -1.93. The first-order valence-corrected chi connectivity index (χ1v) is 6.12. The lowest BCUT2D eigenvalue weighted by atomic mass is 10.1. The molecular formula is C17H16N2. The second kappa shape index (κ2) is 6.97. The van der Waals surface area contributed by atoms with Gasteiger partial charge in [-0.05, 0) is 23.3 Å². The van der Waals surface area contributed by atoms with Crippen LogP contribution in [0.4, 0.5) is 0 Å². The van der Waals surface area contributed by atoms with E-state index in [4.69, 9.17) is 5.84 Å². The van der Waals surface area contributed by atoms with E-state index in [1.807, 2.05) is 85.0 Å². The minimum absolute atomic E-state index is 0.729. The van der Waals surface area contributed by atoms with Gasteiger partial charge in [-0.25, -0.2) is 0 Å². The van der Waals surface area contributed by atoms with Crippen LogP contribution in [0.2, 0.25) is 0 Å². The standard InChI is InChI=1S/C17H16N2/c18-19-17(13-11-15-7-3-1-4-8-15)14-12-16-9-5-2-6-10-16/h1-14H,18H2. The number of rotatable bonds is 4. The van der Waals surface area contributed by atoms with E-state index < -0.39 is 0 Å². The van der Waals surface area contributed by atoms with Crippen molar-refractivity contribution in [3.8, 4) is 0 Å². The van der Waals surface area contributed by atoms with Gasteiger partial charge in [0, 0.05) is 0 Å². The predicted octanol–water partition coefficient (Wildman–Crippen LogP) is 3.73. The van der Waals surface area contributed by atoms with Crippen molar-refractivity contribution < 1.29 is 0 Å².